The van der Waals surface area contributed by atoms with Crippen LogP contribution in [0, 0.1) is 0 Å². The molecule has 8 heteroatoms. The number of fused-ring (bicyclic) bond motifs is 3. The van der Waals surface area contributed by atoms with Crippen molar-refractivity contribution in [3.8, 4) is 17.2 Å². The average Bonchev–Trinajstić information content (AvgIpc) is 3.20. The molecule has 0 bridgehead atoms. The Balaban J connectivity index is 1.50. The molecule has 7 nitrogen and oxygen atoms in total. The highest BCUT2D eigenvalue weighted by molar-refractivity contribution is 9.10. The van der Waals surface area contributed by atoms with Crippen LogP contribution in [0.15, 0.2) is 40.9 Å². The number of benzene rings is 2. The molecule has 1 saturated heterocycles. The highest BCUT2D eigenvalue weighted by atomic mass is 79.9. The van der Waals surface area contributed by atoms with Crippen molar-refractivity contribution in [3.63, 3.8) is 0 Å². The normalized spacial score (nSPS) is 22.6. The molecule has 3 amide bonds. The summed E-state index contributed by atoms with van der Waals surface area (Å²) in [6.07, 6.45) is 0.396. The van der Waals surface area contributed by atoms with Crippen LogP contribution in [0.25, 0.3) is 0 Å². The second kappa shape index (κ2) is 5.88. The van der Waals surface area contributed by atoms with Gasteiger partial charge in [-0.2, -0.15) is 0 Å². The number of para-hydroxylation sites is 1. The maximum absolute atomic E-state index is 13.3. The fourth-order valence-electron chi connectivity index (χ4n) is 3.77. The molecule has 138 valence electrons. The summed E-state index contributed by atoms with van der Waals surface area (Å²) in [6, 6.07) is 10.5. The van der Waals surface area contributed by atoms with Crippen LogP contribution in [0.2, 0.25) is 0 Å². The van der Waals surface area contributed by atoms with Crippen molar-refractivity contribution in [2.24, 2.45) is 0 Å². The second-order valence-corrected chi connectivity index (χ2v) is 7.47. The average molecular weight is 431 g/mol. The van der Waals surface area contributed by atoms with Crippen molar-refractivity contribution < 1.29 is 23.8 Å². The standard InChI is InChI=1S/C19H15BrN2O5/c20-13-8-16-15(26-10-27-16)7-11(13)9-22-17(23)19(21-18(22)24)5-6-25-14-4-2-1-3-12(14)19/h1-4,7-8H,5-6,9-10H2,(H,21,24)/t19-/m1/s1. The molecule has 0 unspecified atom stereocenters. The SMILES string of the molecule is O=C1N[C@@]2(CCOc3ccccc32)C(=O)N1Cc1cc2c(cc1Br)OCO2. The van der Waals surface area contributed by atoms with Gasteiger partial charge < -0.3 is 19.5 Å². The number of rotatable bonds is 2. The predicted octanol–water partition coefficient (Wildman–Crippen LogP) is 2.91. The number of carbonyl (C=O) groups is 2. The lowest BCUT2D eigenvalue weighted by atomic mass is 9.84. The smallest absolute Gasteiger partial charge is 0.325 e. The van der Waals surface area contributed by atoms with E-state index in [2.05, 4.69) is 21.2 Å². The molecular formula is C19H15BrN2O5. The first-order chi connectivity index (χ1) is 13.1. The topological polar surface area (TPSA) is 77.1 Å². The molecule has 3 aliphatic heterocycles. The van der Waals surface area contributed by atoms with Crippen molar-refractivity contribution in [1.29, 1.82) is 0 Å². The minimum Gasteiger partial charge on any atom is -0.493 e. The van der Waals surface area contributed by atoms with Crippen molar-refractivity contribution in [2.45, 2.75) is 18.5 Å². The number of hydrogen-bond acceptors (Lipinski definition) is 5. The summed E-state index contributed by atoms with van der Waals surface area (Å²) in [6.45, 7) is 0.658. The van der Waals surface area contributed by atoms with Gasteiger partial charge in [-0.25, -0.2) is 4.79 Å². The Morgan fingerprint density at radius 2 is 1.85 bits per heavy atom. The lowest BCUT2D eigenvalue weighted by Crippen LogP contribution is -2.47. The highest BCUT2D eigenvalue weighted by Crippen LogP contribution is 2.42. The number of nitrogens with zero attached hydrogens (tertiary/aromatic N) is 1. The Kier molecular flexibility index (Phi) is 3.58. The van der Waals surface area contributed by atoms with Gasteiger partial charge in [0, 0.05) is 16.5 Å². The summed E-state index contributed by atoms with van der Waals surface area (Å²) in [7, 11) is 0. The van der Waals surface area contributed by atoms with Gasteiger partial charge in [0.05, 0.1) is 13.2 Å². The number of ether oxygens (including phenoxy) is 3. The van der Waals surface area contributed by atoms with E-state index in [9.17, 15) is 9.59 Å². The first kappa shape index (κ1) is 16.4. The van der Waals surface area contributed by atoms with E-state index < -0.39 is 11.6 Å². The van der Waals surface area contributed by atoms with Crippen LogP contribution < -0.4 is 19.5 Å². The lowest BCUT2D eigenvalue weighted by Gasteiger charge is -2.33. The third-order valence-electron chi connectivity index (χ3n) is 5.13. The third kappa shape index (κ3) is 2.39. The van der Waals surface area contributed by atoms with E-state index in [1.54, 1.807) is 12.1 Å². The van der Waals surface area contributed by atoms with Gasteiger partial charge in [0.1, 0.15) is 5.75 Å². The fraction of sp³-hybridized carbons (Fsp3) is 0.263. The Labute approximate surface area is 163 Å². The van der Waals surface area contributed by atoms with Crippen molar-refractivity contribution in [3.05, 3.63) is 52.0 Å². The molecule has 1 fully saturated rings. The minimum absolute atomic E-state index is 0.132. The van der Waals surface area contributed by atoms with Crippen molar-refractivity contribution in [1.82, 2.24) is 10.2 Å². The number of urea groups is 1. The molecule has 0 radical (unpaired) electrons. The van der Waals surface area contributed by atoms with Gasteiger partial charge in [-0.15, -0.1) is 0 Å². The molecule has 3 aliphatic rings. The number of nitrogens with one attached hydrogen (secondary N) is 1. The van der Waals surface area contributed by atoms with Gasteiger partial charge in [0.2, 0.25) is 6.79 Å². The summed E-state index contributed by atoms with van der Waals surface area (Å²) in [4.78, 5) is 27.3. The van der Waals surface area contributed by atoms with E-state index in [1.165, 1.54) is 4.90 Å². The van der Waals surface area contributed by atoms with Crippen LogP contribution in [-0.2, 0) is 16.9 Å². The molecule has 0 aromatic heterocycles. The molecule has 5 rings (SSSR count). The molecule has 0 aliphatic carbocycles. The van der Waals surface area contributed by atoms with Crippen LogP contribution in [0.5, 0.6) is 17.2 Å². The molecule has 1 spiro atoms. The quantitative estimate of drug-likeness (QED) is 0.741. The zero-order valence-electron chi connectivity index (χ0n) is 14.2. The Bertz CT molecular complexity index is 979. The van der Waals surface area contributed by atoms with Gasteiger partial charge >= 0.3 is 6.03 Å². The Morgan fingerprint density at radius 1 is 1.07 bits per heavy atom. The first-order valence-corrected chi connectivity index (χ1v) is 9.32. The monoisotopic (exact) mass is 430 g/mol. The van der Waals surface area contributed by atoms with Gasteiger partial charge in [0.15, 0.2) is 17.0 Å². The number of amides is 3. The fourth-order valence-corrected chi connectivity index (χ4v) is 4.21. The van der Waals surface area contributed by atoms with Gasteiger partial charge in [-0.3, -0.25) is 9.69 Å². The highest BCUT2D eigenvalue weighted by Gasteiger charge is 2.54. The summed E-state index contributed by atoms with van der Waals surface area (Å²) >= 11 is 3.49. The Morgan fingerprint density at radius 3 is 2.70 bits per heavy atom. The molecule has 27 heavy (non-hydrogen) atoms. The van der Waals surface area contributed by atoms with Crippen molar-refractivity contribution in [2.75, 3.05) is 13.4 Å². The number of hydrogen-bond donors (Lipinski definition) is 1. The number of halogens is 1. The van der Waals surface area contributed by atoms with Gasteiger partial charge in [0.25, 0.3) is 5.91 Å². The second-order valence-electron chi connectivity index (χ2n) is 6.62. The molecule has 0 saturated carbocycles. The van der Waals surface area contributed by atoms with E-state index in [0.717, 1.165) is 10.0 Å². The van der Waals surface area contributed by atoms with Crippen LogP contribution in [0.4, 0.5) is 4.79 Å². The van der Waals surface area contributed by atoms with E-state index in [0.29, 0.717) is 35.8 Å². The molecule has 1 N–H and O–H groups in total. The largest absolute Gasteiger partial charge is 0.493 e. The van der Waals surface area contributed by atoms with E-state index >= 15 is 0 Å². The van der Waals surface area contributed by atoms with Crippen LogP contribution >= 0.6 is 15.9 Å². The molecule has 1 atom stereocenters. The molecular weight excluding hydrogens is 416 g/mol. The number of imide groups is 1. The molecule has 2 aromatic carbocycles. The maximum atomic E-state index is 13.3. The lowest BCUT2D eigenvalue weighted by molar-refractivity contribution is -0.133. The summed E-state index contributed by atoms with van der Waals surface area (Å²) in [5.41, 5.74) is 0.386. The van der Waals surface area contributed by atoms with Gasteiger partial charge in [-0.05, 0) is 23.8 Å². The third-order valence-corrected chi connectivity index (χ3v) is 5.87. The van der Waals surface area contributed by atoms with E-state index in [4.69, 9.17) is 14.2 Å². The number of carbonyl (C=O) groups excluding carboxylic acids is 2. The van der Waals surface area contributed by atoms with Crippen LogP contribution in [0.1, 0.15) is 17.5 Å². The predicted molar refractivity (Wildman–Crippen MR) is 97.6 cm³/mol. The summed E-state index contributed by atoms with van der Waals surface area (Å²) < 4.78 is 17.2. The Hall–Kier alpha value is -2.74. The summed E-state index contributed by atoms with van der Waals surface area (Å²) in [5, 5.41) is 2.90. The maximum Gasteiger partial charge on any atom is 0.325 e. The zero-order chi connectivity index (χ0) is 18.6. The van der Waals surface area contributed by atoms with Gasteiger partial charge in [-0.1, -0.05) is 34.1 Å². The van der Waals surface area contributed by atoms with E-state index in [-0.39, 0.29) is 19.2 Å². The van der Waals surface area contributed by atoms with E-state index in [1.807, 2.05) is 24.3 Å². The zero-order valence-corrected chi connectivity index (χ0v) is 15.7. The molecule has 3 heterocycles. The molecule has 2 aromatic rings. The van der Waals surface area contributed by atoms with Crippen LogP contribution in [-0.4, -0.2) is 30.2 Å². The van der Waals surface area contributed by atoms with Crippen molar-refractivity contribution >= 4 is 27.9 Å². The first-order valence-electron chi connectivity index (χ1n) is 8.53. The summed E-state index contributed by atoms with van der Waals surface area (Å²) in [5.74, 6) is 1.60. The van der Waals surface area contributed by atoms with Crippen LogP contribution in [0.3, 0.4) is 0 Å². The minimum atomic E-state index is -1.07.